The van der Waals surface area contributed by atoms with E-state index in [0.717, 1.165) is 13.0 Å². The van der Waals surface area contributed by atoms with Crippen LogP contribution in [0.5, 0.6) is 5.75 Å². The number of hydrogen-bond acceptors (Lipinski definition) is 2. The molecule has 2 rings (SSSR count). The minimum absolute atomic E-state index is 0.323. The lowest BCUT2D eigenvalue weighted by atomic mass is 9.88. The molecular formula is C12H15ClFNO. The fraction of sp³-hybridized carbons (Fsp3) is 0.500. The molecule has 1 aliphatic heterocycles. The number of nitrogens with one attached hydrogen (secondary N) is 1. The molecule has 16 heavy (non-hydrogen) atoms. The number of hydrogen-bond donors (Lipinski definition) is 1. The van der Waals surface area contributed by atoms with Crippen LogP contribution in [0.4, 0.5) is 4.39 Å². The molecule has 1 aromatic carbocycles. The summed E-state index contributed by atoms with van der Waals surface area (Å²) in [5.41, 5.74) is -0.816. The molecule has 4 heteroatoms. The highest BCUT2D eigenvalue weighted by molar-refractivity contribution is 6.30. The zero-order chi connectivity index (χ0) is 11.6. The maximum atomic E-state index is 14.7. The summed E-state index contributed by atoms with van der Waals surface area (Å²) in [5.74, 6) is 0.565. The first kappa shape index (κ1) is 11.7. The molecule has 1 heterocycles. The Labute approximate surface area is 99.7 Å². The summed E-state index contributed by atoms with van der Waals surface area (Å²) in [6.45, 7) is 1.19. The Balaban J connectivity index is 2.40. The Bertz CT molecular complexity index is 377. The summed E-state index contributed by atoms with van der Waals surface area (Å²) in [6.07, 6.45) is 1.34. The lowest BCUT2D eigenvalue weighted by molar-refractivity contribution is 0.118. The molecule has 1 saturated heterocycles. The van der Waals surface area contributed by atoms with E-state index in [4.69, 9.17) is 16.3 Å². The van der Waals surface area contributed by atoms with Gasteiger partial charge in [-0.25, -0.2) is 4.39 Å². The number of benzene rings is 1. The van der Waals surface area contributed by atoms with Gasteiger partial charge in [-0.15, -0.1) is 0 Å². The summed E-state index contributed by atoms with van der Waals surface area (Å²) < 4.78 is 19.9. The van der Waals surface area contributed by atoms with Crippen LogP contribution in [0.25, 0.3) is 0 Å². The van der Waals surface area contributed by atoms with Crippen LogP contribution in [0.15, 0.2) is 18.2 Å². The molecule has 0 aliphatic carbocycles. The van der Waals surface area contributed by atoms with E-state index < -0.39 is 5.67 Å². The number of alkyl halides is 1. The van der Waals surface area contributed by atoms with Gasteiger partial charge in [-0.2, -0.15) is 0 Å². The standard InChI is InChI=1S/C12H15ClFNO/c1-16-11-4-3-9(13)7-10(11)12(14)5-2-6-15-8-12/h3-4,7,15H,2,5-6,8H2,1H3. The van der Waals surface area contributed by atoms with E-state index >= 15 is 0 Å². The Hall–Kier alpha value is -0.800. The highest BCUT2D eigenvalue weighted by Crippen LogP contribution is 2.39. The third-order valence-electron chi connectivity index (χ3n) is 2.98. The van der Waals surface area contributed by atoms with Gasteiger partial charge < -0.3 is 10.1 Å². The number of piperidine rings is 1. The maximum Gasteiger partial charge on any atom is 0.152 e. The van der Waals surface area contributed by atoms with E-state index in [1.54, 1.807) is 25.3 Å². The van der Waals surface area contributed by atoms with Gasteiger partial charge in [0.25, 0.3) is 0 Å². The summed E-state index contributed by atoms with van der Waals surface area (Å²) in [5, 5.41) is 3.61. The second-order valence-corrected chi connectivity index (χ2v) is 4.53. The van der Waals surface area contributed by atoms with E-state index in [2.05, 4.69) is 5.32 Å². The highest BCUT2D eigenvalue weighted by Gasteiger charge is 2.36. The SMILES string of the molecule is COc1ccc(Cl)cc1C1(F)CCCNC1. The van der Waals surface area contributed by atoms with Crippen LogP contribution in [-0.4, -0.2) is 20.2 Å². The Kier molecular flexibility index (Phi) is 3.36. The first-order valence-corrected chi connectivity index (χ1v) is 5.77. The third-order valence-corrected chi connectivity index (χ3v) is 3.21. The average Bonchev–Trinajstić information content (AvgIpc) is 2.30. The van der Waals surface area contributed by atoms with Crippen molar-refractivity contribution in [3.05, 3.63) is 28.8 Å². The number of rotatable bonds is 2. The van der Waals surface area contributed by atoms with Crippen molar-refractivity contribution in [1.29, 1.82) is 0 Å². The van der Waals surface area contributed by atoms with Crippen LogP contribution in [0.2, 0.25) is 5.02 Å². The number of halogens is 2. The predicted octanol–water partition coefficient (Wildman–Crippen LogP) is 2.90. The van der Waals surface area contributed by atoms with Gasteiger partial charge in [0, 0.05) is 17.1 Å². The molecule has 0 spiro atoms. The summed E-state index contributed by atoms with van der Waals surface area (Å²) in [6, 6.07) is 5.09. The lowest BCUT2D eigenvalue weighted by Crippen LogP contribution is -2.40. The van der Waals surface area contributed by atoms with Crippen molar-refractivity contribution >= 4 is 11.6 Å². The zero-order valence-electron chi connectivity index (χ0n) is 9.22. The van der Waals surface area contributed by atoms with Crippen LogP contribution >= 0.6 is 11.6 Å². The van der Waals surface area contributed by atoms with Crippen LogP contribution in [0, 0.1) is 0 Å². The van der Waals surface area contributed by atoms with Crippen molar-refractivity contribution in [2.75, 3.05) is 20.2 Å². The topological polar surface area (TPSA) is 21.3 Å². The van der Waals surface area contributed by atoms with Gasteiger partial charge in [-0.1, -0.05) is 11.6 Å². The molecular weight excluding hydrogens is 229 g/mol. The van der Waals surface area contributed by atoms with Gasteiger partial charge in [0.15, 0.2) is 5.67 Å². The van der Waals surface area contributed by atoms with Crippen molar-refractivity contribution in [3.8, 4) is 5.75 Å². The molecule has 1 fully saturated rings. The van der Waals surface area contributed by atoms with E-state index in [1.165, 1.54) is 0 Å². The summed E-state index contributed by atoms with van der Waals surface area (Å²) in [7, 11) is 1.55. The lowest BCUT2D eigenvalue weighted by Gasteiger charge is -2.31. The molecule has 0 radical (unpaired) electrons. The molecule has 1 unspecified atom stereocenters. The molecule has 1 aromatic rings. The van der Waals surface area contributed by atoms with Crippen LogP contribution in [0.1, 0.15) is 18.4 Å². The molecule has 1 atom stereocenters. The van der Waals surface area contributed by atoms with E-state index in [1.807, 2.05) is 0 Å². The number of methoxy groups -OCH3 is 1. The third kappa shape index (κ3) is 2.15. The van der Waals surface area contributed by atoms with Gasteiger partial charge in [0.05, 0.1) is 7.11 Å². The molecule has 0 saturated carbocycles. The monoisotopic (exact) mass is 243 g/mol. The second-order valence-electron chi connectivity index (χ2n) is 4.09. The predicted molar refractivity (Wildman–Crippen MR) is 62.9 cm³/mol. The quantitative estimate of drug-likeness (QED) is 0.863. The molecule has 0 amide bonds. The second kappa shape index (κ2) is 4.60. The van der Waals surface area contributed by atoms with Gasteiger partial charge in [-0.3, -0.25) is 0 Å². The molecule has 0 bridgehead atoms. The fourth-order valence-corrected chi connectivity index (χ4v) is 2.30. The van der Waals surface area contributed by atoms with Crippen molar-refractivity contribution < 1.29 is 9.13 Å². The summed E-state index contributed by atoms with van der Waals surface area (Å²) in [4.78, 5) is 0. The van der Waals surface area contributed by atoms with Gasteiger partial charge in [0.1, 0.15) is 5.75 Å². The molecule has 1 aliphatic rings. The average molecular weight is 244 g/mol. The number of ether oxygens (including phenoxy) is 1. The normalized spacial score (nSPS) is 25.4. The summed E-state index contributed by atoms with van der Waals surface area (Å²) >= 11 is 5.91. The smallest absolute Gasteiger partial charge is 0.152 e. The van der Waals surface area contributed by atoms with Crippen LogP contribution in [-0.2, 0) is 5.67 Å². The van der Waals surface area contributed by atoms with Gasteiger partial charge >= 0.3 is 0 Å². The first-order valence-electron chi connectivity index (χ1n) is 5.39. The zero-order valence-corrected chi connectivity index (χ0v) is 9.98. The molecule has 0 aromatic heterocycles. The van der Waals surface area contributed by atoms with Crippen LogP contribution < -0.4 is 10.1 Å². The maximum absolute atomic E-state index is 14.7. The fourth-order valence-electron chi connectivity index (χ4n) is 2.13. The first-order chi connectivity index (χ1) is 7.65. The Morgan fingerprint density at radius 2 is 2.31 bits per heavy atom. The van der Waals surface area contributed by atoms with Crippen molar-refractivity contribution in [2.45, 2.75) is 18.5 Å². The molecule has 88 valence electrons. The highest BCUT2D eigenvalue weighted by atomic mass is 35.5. The molecule has 2 nitrogen and oxygen atoms in total. The van der Waals surface area contributed by atoms with Crippen molar-refractivity contribution in [1.82, 2.24) is 5.32 Å². The largest absolute Gasteiger partial charge is 0.496 e. The minimum atomic E-state index is -1.37. The minimum Gasteiger partial charge on any atom is -0.496 e. The van der Waals surface area contributed by atoms with Crippen LogP contribution in [0.3, 0.4) is 0 Å². The molecule has 1 N–H and O–H groups in total. The van der Waals surface area contributed by atoms with E-state index in [0.29, 0.717) is 29.3 Å². The Morgan fingerprint density at radius 1 is 1.50 bits per heavy atom. The van der Waals surface area contributed by atoms with E-state index in [-0.39, 0.29) is 0 Å². The van der Waals surface area contributed by atoms with Crippen molar-refractivity contribution in [3.63, 3.8) is 0 Å². The van der Waals surface area contributed by atoms with E-state index in [9.17, 15) is 4.39 Å². The van der Waals surface area contributed by atoms with Crippen molar-refractivity contribution in [2.24, 2.45) is 0 Å². The Morgan fingerprint density at radius 3 is 2.94 bits per heavy atom. The van der Waals surface area contributed by atoms with Gasteiger partial charge in [-0.05, 0) is 37.6 Å². The van der Waals surface area contributed by atoms with Gasteiger partial charge in [0.2, 0.25) is 0 Å².